The van der Waals surface area contributed by atoms with E-state index in [2.05, 4.69) is 16.4 Å². The summed E-state index contributed by atoms with van der Waals surface area (Å²) in [5.41, 5.74) is 1.15. The van der Waals surface area contributed by atoms with Crippen LogP contribution in [0.15, 0.2) is 18.2 Å². The lowest BCUT2D eigenvalue weighted by Crippen LogP contribution is -2.22. The first-order chi connectivity index (χ1) is 7.88. The Morgan fingerprint density at radius 2 is 2.38 bits per heavy atom. The molecular formula is C13H20N2O. The van der Waals surface area contributed by atoms with Gasteiger partial charge in [0, 0.05) is 11.8 Å². The van der Waals surface area contributed by atoms with Crippen LogP contribution in [0.1, 0.15) is 25.0 Å². The van der Waals surface area contributed by atoms with Crippen molar-refractivity contribution in [3.8, 4) is 5.88 Å². The van der Waals surface area contributed by atoms with Crippen molar-refractivity contribution < 1.29 is 4.74 Å². The number of hydrogen-bond acceptors (Lipinski definition) is 3. The van der Waals surface area contributed by atoms with E-state index in [1.54, 1.807) is 7.11 Å². The number of nitrogens with zero attached hydrogens (tertiary/aromatic N) is 1. The second-order valence-corrected chi connectivity index (χ2v) is 4.44. The van der Waals surface area contributed by atoms with Gasteiger partial charge in [-0.2, -0.15) is 0 Å². The highest BCUT2D eigenvalue weighted by Gasteiger charge is 2.13. The number of nitrogens with one attached hydrogen (secondary N) is 1. The van der Waals surface area contributed by atoms with E-state index < -0.39 is 0 Å². The van der Waals surface area contributed by atoms with Gasteiger partial charge in [0.15, 0.2) is 0 Å². The summed E-state index contributed by atoms with van der Waals surface area (Å²) >= 11 is 0. The van der Waals surface area contributed by atoms with Crippen LogP contribution in [0, 0.1) is 5.92 Å². The van der Waals surface area contributed by atoms with Gasteiger partial charge in [-0.1, -0.05) is 12.5 Å². The SMILES string of the molecule is COc1cccc(CC2CCCCNC2)n1. The van der Waals surface area contributed by atoms with E-state index in [1.165, 1.54) is 25.8 Å². The number of pyridine rings is 1. The number of hydrogen-bond donors (Lipinski definition) is 1. The Kier molecular flexibility index (Phi) is 4.17. The molecule has 1 aliphatic heterocycles. The molecule has 0 spiro atoms. The Morgan fingerprint density at radius 3 is 3.25 bits per heavy atom. The van der Waals surface area contributed by atoms with E-state index in [4.69, 9.17) is 4.74 Å². The van der Waals surface area contributed by atoms with Crippen LogP contribution < -0.4 is 10.1 Å². The molecule has 1 aromatic rings. The van der Waals surface area contributed by atoms with Crippen molar-refractivity contribution in [2.24, 2.45) is 5.92 Å². The van der Waals surface area contributed by atoms with Crippen molar-refractivity contribution >= 4 is 0 Å². The summed E-state index contributed by atoms with van der Waals surface area (Å²) in [6.07, 6.45) is 5.01. The molecule has 3 heteroatoms. The van der Waals surface area contributed by atoms with Crippen LogP contribution in [0.2, 0.25) is 0 Å². The first-order valence-electron chi connectivity index (χ1n) is 6.09. The van der Waals surface area contributed by atoms with Gasteiger partial charge in [-0.3, -0.25) is 0 Å². The highest BCUT2D eigenvalue weighted by molar-refractivity contribution is 5.16. The van der Waals surface area contributed by atoms with Gasteiger partial charge in [0.2, 0.25) is 5.88 Å². The summed E-state index contributed by atoms with van der Waals surface area (Å²) < 4.78 is 5.14. The molecule has 1 fully saturated rings. The van der Waals surface area contributed by atoms with E-state index in [1.807, 2.05) is 12.1 Å². The van der Waals surface area contributed by atoms with Crippen molar-refractivity contribution in [1.82, 2.24) is 10.3 Å². The summed E-state index contributed by atoms with van der Waals surface area (Å²) in [6.45, 7) is 2.29. The second kappa shape index (κ2) is 5.85. The molecule has 0 radical (unpaired) electrons. The standard InChI is InChI=1S/C13H20N2O/c1-16-13-7-4-6-12(15-13)9-11-5-2-3-8-14-10-11/h4,6-7,11,14H,2-3,5,8-10H2,1H3. The minimum Gasteiger partial charge on any atom is -0.481 e. The smallest absolute Gasteiger partial charge is 0.213 e. The average Bonchev–Trinajstić information content (AvgIpc) is 2.58. The molecule has 0 bridgehead atoms. The quantitative estimate of drug-likeness (QED) is 0.846. The van der Waals surface area contributed by atoms with Crippen LogP contribution in [0.4, 0.5) is 0 Å². The fraction of sp³-hybridized carbons (Fsp3) is 0.615. The van der Waals surface area contributed by atoms with Crippen LogP contribution in [-0.4, -0.2) is 25.2 Å². The van der Waals surface area contributed by atoms with Gasteiger partial charge in [-0.05, 0) is 44.3 Å². The van der Waals surface area contributed by atoms with Gasteiger partial charge in [-0.15, -0.1) is 0 Å². The third-order valence-corrected chi connectivity index (χ3v) is 3.14. The maximum Gasteiger partial charge on any atom is 0.213 e. The Balaban J connectivity index is 1.96. The first-order valence-corrected chi connectivity index (χ1v) is 6.09. The van der Waals surface area contributed by atoms with Crippen molar-refractivity contribution in [1.29, 1.82) is 0 Å². The number of ether oxygens (including phenoxy) is 1. The zero-order chi connectivity index (χ0) is 11.2. The molecule has 0 aromatic carbocycles. The molecule has 2 heterocycles. The molecule has 2 rings (SSSR count). The van der Waals surface area contributed by atoms with Crippen LogP contribution in [0.5, 0.6) is 5.88 Å². The van der Waals surface area contributed by atoms with Gasteiger partial charge in [0.1, 0.15) is 0 Å². The fourth-order valence-corrected chi connectivity index (χ4v) is 2.25. The van der Waals surface area contributed by atoms with Crippen LogP contribution in [0.25, 0.3) is 0 Å². The van der Waals surface area contributed by atoms with Gasteiger partial charge in [-0.25, -0.2) is 4.98 Å². The van der Waals surface area contributed by atoms with Crippen molar-refractivity contribution in [3.63, 3.8) is 0 Å². The summed E-state index contributed by atoms with van der Waals surface area (Å²) in [7, 11) is 1.67. The molecule has 1 N–H and O–H groups in total. The predicted octanol–water partition coefficient (Wildman–Crippen LogP) is 2.02. The lowest BCUT2D eigenvalue weighted by atomic mass is 9.98. The monoisotopic (exact) mass is 220 g/mol. The summed E-state index contributed by atoms with van der Waals surface area (Å²) in [4.78, 5) is 4.47. The highest BCUT2D eigenvalue weighted by Crippen LogP contribution is 2.17. The van der Waals surface area contributed by atoms with Crippen molar-refractivity contribution in [2.75, 3.05) is 20.2 Å². The lowest BCUT2D eigenvalue weighted by Gasteiger charge is -2.13. The second-order valence-electron chi connectivity index (χ2n) is 4.44. The van der Waals surface area contributed by atoms with E-state index in [0.717, 1.165) is 30.5 Å². The van der Waals surface area contributed by atoms with E-state index in [0.29, 0.717) is 0 Å². The third kappa shape index (κ3) is 3.20. The van der Waals surface area contributed by atoms with Gasteiger partial charge in [0.25, 0.3) is 0 Å². The molecule has 1 aliphatic rings. The fourth-order valence-electron chi connectivity index (χ4n) is 2.25. The molecule has 1 aromatic heterocycles. The average molecular weight is 220 g/mol. The molecule has 16 heavy (non-hydrogen) atoms. The number of rotatable bonds is 3. The van der Waals surface area contributed by atoms with Gasteiger partial charge in [0.05, 0.1) is 7.11 Å². The van der Waals surface area contributed by atoms with Gasteiger partial charge < -0.3 is 10.1 Å². The predicted molar refractivity (Wildman–Crippen MR) is 64.7 cm³/mol. The maximum atomic E-state index is 5.14. The summed E-state index contributed by atoms with van der Waals surface area (Å²) in [5.74, 6) is 1.45. The topological polar surface area (TPSA) is 34.1 Å². The zero-order valence-corrected chi connectivity index (χ0v) is 9.91. The largest absolute Gasteiger partial charge is 0.481 e. The zero-order valence-electron chi connectivity index (χ0n) is 9.91. The minimum atomic E-state index is 0.721. The van der Waals surface area contributed by atoms with Crippen LogP contribution in [-0.2, 0) is 6.42 Å². The third-order valence-electron chi connectivity index (χ3n) is 3.14. The number of methoxy groups -OCH3 is 1. The molecule has 0 aliphatic carbocycles. The Hall–Kier alpha value is -1.09. The summed E-state index contributed by atoms with van der Waals surface area (Å²) in [5, 5.41) is 3.49. The molecular weight excluding hydrogens is 200 g/mol. The van der Waals surface area contributed by atoms with E-state index in [-0.39, 0.29) is 0 Å². The van der Waals surface area contributed by atoms with E-state index in [9.17, 15) is 0 Å². The lowest BCUT2D eigenvalue weighted by molar-refractivity contribution is 0.393. The summed E-state index contributed by atoms with van der Waals surface area (Å²) in [6, 6.07) is 6.01. The van der Waals surface area contributed by atoms with Crippen molar-refractivity contribution in [3.05, 3.63) is 23.9 Å². The molecule has 1 atom stereocenters. The molecule has 1 saturated heterocycles. The Bertz CT molecular complexity index is 319. The highest BCUT2D eigenvalue weighted by atomic mass is 16.5. The van der Waals surface area contributed by atoms with Crippen LogP contribution >= 0.6 is 0 Å². The van der Waals surface area contributed by atoms with Crippen LogP contribution in [0.3, 0.4) is 0 Å². The minimum absolute atomic E-state index is 0.721. The molecule has 0 saturated carbocycles. The molecule has 0 amide bonds. The normalized spacial score (nSPS) is 21.4. The molecule has 1 unspecified atom stereocenters. The first kappa shape index (κ1) is 11.4. The molecule has 3 nitrogen and oxygen atoms in total. The van der Waals surface area contributed by atoms with Gasteiger partial charge >= 0.3 is 0 Å². The van der Waals surface area contributed by atoms with E-state index >= 15 is 0 Å². The number of aromatic nitrogens is 1. The Labute approximate surface area is 97.2 Å². The molecule has 88 valence electrons. The van der Waals surface area contributed by atoms with Crippen molar-refractivity contribution in [2.45, 2.75) is 25.7 Å². The Morgan fingerprint density at radius 1 is 1.44 bits per heavy atom. The maximum absolute atomic E-state index is 5.14.